The first-order valence-electron chi connectivity index (χ1n) is 10.5. The van der Waals surface area contributed by atoms with Crippen molar-refractivity contribution in [3.8, 4) is 5.75 Å². The highest BCUT2D eigenvalue weighted by atomic mass is 16.5. The zero-order valence-corrected chi connectivity index (χ0v) is 18.6. The van der Waals surface area contributed by atoms with E-state index >= 15 is 0 Å². The van der Waals surface area contributed by atoms with E-state index < -0.39 is 5.97 Å². The average molecular weight is 427 g/mol. The maximum atomic E-state index is 12.5. The number of rotatable bonds is 7. The van der Waals surface area contributed by atoms with Gasteiger partial charge in [0.2, 0.25) is 0 Å². The lowest BCUT2D eigenvalue weighted by molar-refractivity contribution is -0.118. The summed E-state index contributed by atoms with van der Waals surface area (Å²) in [4.78, 5) is 26.9. The molecule has 1 aliphatic heterocycles. The Morgan fingerprint density at radius 1 is 1.13 bits per heavy atom. The molecule has 3 rings (SSSR count). The molecule has 0 radical (unpaired) electrons. The van der Waals surface area contributed by atoms with Crippen LogP contribution in [0.5, 0.6) is 5.75 Å². The van der Waals surface area contributed by atoms with Crippen molar-refractivity contribution in [2.24, 2.45) is 0 Å². The van der Waals surface area contributed by atoms with E-state index in [0.29, 0.717) is 36.1 Å². The fourth-order valence-electron chi connectivity index (χ4n) is 3.66. The minimum atomic E-state index is -0.508. The Bertz CT molecular complexity index is 936. The highest BCUT2D eigenvalue weighted by Gasteiger charge is 2.19. The summed E-state index contributed by atoms with van der Waals surface area (Å²) in [6.07, 6.45) is 0. The number of hydrogen-bond donors (Lipinski definition) is 1. The van der Waals surface area contributed by atoms with Crippen molar-refractivity contribution in [2.45, 2.75) is 26.7 Å². The molecule has 2 aromatic rings. The minimum absolute atomic E-state index is 0.160. The van der Waals surface area contributed by atoms with Crippen LogP contribution < -0.4 is 15.0 Å². The Labute approximate surface area is 183 Å². The Kier molecular flexibility index (Phi) is 7.52. The molecule has 1 saturated heterocycles. The number of ether oxygens (including phenoxy) is 3. The Morgan fingerprint density at radius 2 is 1.87 bits per heavy atom. The topological polar surface area (TPSA) is 77.1 Å². The number of nitrogens with one attached hydrogen (secondary N) is 1. The fraction of sp³-hybridized carbons (Fsp3) is 0.417. The van der Waals surface area contributed by atoms with Gasteiger partial charge >= 0.3 is 5.97 Å². The molecule has 31 heavy (non-hydrogen) atoms. The van der Waals surface area contributed by atoms with Crippen LogP contribution in [0, 0.1) is 6.92 Å². The second kappa shape index (κ2) is 10.3. The number of morpholine rings is 1. The predicted octanol–water partition coefficient (Wildman–Crippen LogP) is 3.76. The number of anilines is 2. The molecule has 0 atom stereocenters. The fourth-order valence-corrected chi connectivity index (χ4v) is 3.66. The van der Waals surface area contributed by atoms with Crippen LogP contribution in [0.15, 0.2) is 36.4 Å². The first-order chi connectivity index (χ1) is 14.9. The molecule has 1 amide bonds. The number of nitrogens with zero attached hydrogens (tertiary/aromatic N) is 1. The molecule has 1 fully saturated rings. The molecule has 0 aromatic heterocycles. The standard InChI is InChI=1S/C24H30N2O5/c1-16(2)20-7-6-19(13-17(20)3)31-15-23(27)25-22-8-5-18(14-21(22)24(28)29-4)26-9-11-30-12-10-26/h5-8,13-14,16H,9-12,15H2,1-4H3,(H,25,27). The second-order valence-electron chi connectivity index (χ2n) is 7.83. The van der Waals surface area contributed by atoms with Gasteiger partial charge in [0.05, 0.1) is 31.6 Å². The van der Waals surface area contributed by atoms with Gasteiger partial charge in [-0.3, -0.25) is 4.79 Å². The lowest BCUT2D eigenvalue weighted by Crippen LogP contribution is -2.36. The number of amides is 1. The molecular weight excluding hydrogens is 396 g/mol. The zero-order valence-electron chi connectivity index (χ0n) is 18.6. The summed E-state index contributed by atoms with van der Waals surface area (Å²) in [6.45, 7) is 8.92. The summed E-state index contributed by atoms with van der Waals surface area (Å²) in [6, 6.07) is 11.2. The summed E-state index contributed by atoms with van der Waals surface area (Å²) in [5.41, 5.74) is 3.96. The van der Waals surface area contributed by atoms with Gasteiger partial charge in [-0.2, -0.15) is 0 Å². The smallest absolute Gasteiger partial charge is 0.340 e. The van der Waals surface area contributed by atoms with Gasteiger partial charge in [-0.15, -0.1) is 0 Å². The molecule has 2 aromatic carbocycles. The van der Waals surface area contributed by atoms with Gasteiger partial charge in [-0.1, -0.05) is 19.9 Å². The third-order valence-electron chi connectivity index (χ3n) is 5.29. The van der Waals surface area contributed by atoms with Crippen molar-refractivity contribution in [1.29, 1.82) is 0 Å². The number of benzene rings is 2. The Balaban J connectivity index is 1.68. The number of hydrogen-bond acceptors (Lipinski definition) is 6. The van der Waals surface area contributed by atoms with Gasteiger partial charge < -0.3 is 24.4 Å². The highest BCUT2D eigenvalue weighted by Crippen LogP contribution is 2.26. The lowest BCUT2D eigenvalue weighted by atomic mass is 9.98. The second-order valence-corrected chi connectivity index (χ2v) is 7.83. The number of carbonyl (C=O) groups is 2. The van der Waals surface area contributed by atoms with Crippen LogP contribution in [0.2, 0.25) is 0 Å². The van der Waals surface area contributed by atoms with E-state index in [1.165, 1.54) is 12.7 Å². The lowest BCUT2D eigenvalue weighted by Gasteiger charge is -2.29. The molecule has 0 aliphatic carbocycles. The van der Waals surface area contributed by atoms with Crippen molar-refractivity contribution in [3.63, 3.8) is 0 Å². The first kappa shape index (κ1) is 22.6. The largest absolute Gasteiger partial charge is 0.484 e. The summed E-state index contributed by atoms with van der Waals surface area (Å²) in [7, 11) is 1.32. The first-order valence-corrected chi connectivity index (χ1v) is 10.5. The minimum Gasteiger partial charge on any atom is -0.484 e. The predicted molar refractivity (Wildman–Crippen MR) is 120 cm³/mol. The van der Waals surface area contributed by atoms with E-state index in [0.717, 1.165) is 24.3 Å². The van der Waals surface area contributed by atoms with Crippen molar-refractivity contribution in [1.82, 2.24) is 0 Å². The summed E-state index contributed by atoms with van der Waals surface area (Å²) < 4.78 is 15.9. The van der Waals surface area contributed by atoms with Gasteiger partial charge in [-0.05, 0) is 54.3 Å². The molecular formula is C24H30N2O5. The normalized spacial score (nSPS) is 13.8. The maximum Gasteiger partial charge on any atom is 0.340 e. The summed E-state index contributed by atoms with van der Waals surface area (Å²) in [5.74, 6) is 0.198. The van der Waals surface area contributed by atoms with Crippen LogP contribution in [0.3, 0.4) is 0 Å². The van der Waals surface area contributed by atoms with Crippen LogP contribution in [-0.4, -0.2) is 51.9 Å². The van der Waals surface area contributed by atoms with Crippen LogP contribution in [-0.2, 0) is 14.3 Å². The number of aryl methyl sites for hydroxylation is 1. The number of carbonyl (C=O) groups excluding carboxylic acids is 2. The molecule has 7 heteroatoms. The zero-order chi connectivity index (χ0) is 22.4. The van der Waals surface area contributed by atoms with Gasteiger partial charge in [-0.25, -0.2) is 4.79 Å². The quantitative estimate of drug-likeness (QED) is 0.680. The van der Waals surface area contributed by atoms with E-state index in [2.05, 4.69) is 24.1 Å². The van der Waals surface area contributed by atoms with Crippen molar-refractivity contribution >= 4 is 23.3 Å². The molecule has 0 unspecified atom stereocenters. The number of methoxy groups -OCH3 is 1. The molecule has 1 heterocycles. The summed E-state index contributed by atoms with van der Waals surface area (Å²) >= 11 is 0. The van der Waals surface area contributed by atoms with E-state index in [1.807, 2.05) is 31.2 Å². The molecule has 166 valence electrons. The summed E-state index contributed by atoms with van der Waals surface area (Å²) in [5, 5.41) is 2.76. The van der Waals surface area contributed by atoms with Gasteiger partial charge in [0.1, 0.15) is 5.75 Å². The Morgan fingerprint density at radius 3 is 2.52 bits per heavy atom. The maximum absolute atomic E-state index is 12.5. The van der Waals surface area contributed by atoms with Gasteiger partial charge in [0.15, 0.2) is 6.61 Å². The molecule has 0 saturated carbocycles. The van der Waals surface area contributed by atoms with E-state index in [9.17, 15) is 9.59 Å². The molecule has 1 N–H and O–H groups in total. The highest BCUT2D eigenvalue weighted by molar-refractivity contribution is 6.02. The monoisotopic (exact) mass is 426 g/mol. The van der Waals surface area contributed by atoms with Gasteiger partial charge in [0.25, 0.3) is 5.91 Å². The SMILES string of the molecule is COC(=O)c1cc(N2CCOCC2)ccc1NC(=O)COc1ccc(C(C)C)c(C)c1. The molecule has 1 aliphatic rings. The van der Waals surface area contributed by atoms with E-state index in [1.54, 1.807) is 12.1 Å². The average Bonchev–Trinajstić information content (AvgIpc) is 2.77. The van der Waals surface area contributed by atoms with Crippen LogP contribution in [0.4, 0.5) is 11.4 Å². The van der Waals surface area contributed by atoms with Crippen LogP contribution in [0.1, 0.15) is 41.3 Å². The van der Waals surface area contributed by atoms with Crippen molar-refractivity contribution in [3.05, 3.63) is 53.1 Å². The van der Waals surface area contributed by atoms with Crippen LogP contribution in [0.25, 0.3) is 0 Å². The molecule has 0 bridgehead atoms. The molecule has 7 nitrogen and oxygen atoms in total. The van der Waals surface area contributed by atoms with E-state index in [4.69, 9.17) is 14.2 Å². The van der Waals surface area contributed by atoms with E-state index in [-0.39, 0.29) is 12.5 Å². The van der Waals surface area contributed by atoms with Gasteiger partial charge in [0, 0.05) is 18.8 Å². The third-order valence-corrected chi connectivity index (χ3v) is 5.29. The van der Waals surface area contributed by atoms with Crippen molar-refractivity contribution < 1.29 is 23.8 Å². The number of esters is 1. The van der Waals surface area contributed by atoms with Crippen molar-refractivity contribution in [2.75, 3.05) is 50.2 Å². The molecule has 0 spiro atoms. The Hall–Kier alpha value is -3.06. The third kappa shape index (κ3) is 5.76. The van der Waals surface area contributed by atoms with Crippen LogP contribution >= 0.6 is 0 Å².